The number of rotatable bonds is 1. The molecule has 2 aliphatic rings. The van der Waals surface area contributed by atoms with Crippen molar-refractivity contribution in [1.82, 2.24) is 4.90 Å². The summed E-state index contributed by atoms with van der Waals surface area (Å²) in [7, 11) is 0. The van der Waals surface area contributed by atoms with Gasteiger partial charge in [0.1, 0.15) is 0 Å². The number of amides is 1. The molecule has 0 radical (unpaired) electrons. The minimum absolute atomic E-state index is 0.0480. The zero-order valence-electron chi connectivity index (χ0n) is 13.6. The molecule has 22 heavy (non-hydrogen) atoms. The van der Waals surface area contributed by atoms with Crippen LogP contribution in [0.5, 0.6) is 0 Å². The van der Waals surface area contributed by atoms with Gasteiger partial charge in [-0.15, -0.1) is 0 Å². The summed E-state index contributed by atoms with van der Waals surface area (Å²) in [5.41, 5.74) is 0.566. The molecule has 0 spiro atoms. The summed E-state index contributed by atoms with van der Waals surface area (Å²) >= 11 is 5.90. The van der Waals surface area contributed by atoms with E-state index in [0.29, 0.717) is 16.5 Å². The van der Waals surface area contributed by atoms with Gasteiger partial charge in [0.25, 0.3) is 5.91 Å². The number of nitrogens with zero attached hydrogens (tertiary/aromatic N) is 1. The van der Waals surface area contributed by atoms with E-state index in [-0.39, 0.29) is 17.1 Å². The molecule has 3 nitrogen and oxygen atoms in total. The molecule has 0 aromatic heterocycles. The van der Waals surface area contributed by atoms with Crippen molar-refractivity contribution in [3.05, 3.63) is 34.9 Å². The SMILES string of the molecule is CC1(C)CC[C@H]2CN(C(=O)c3ccc(Cl)cc3)CC[C@@]2(C)O1. The lowest BCUT2D eigenvalue weighted by Crippen LogP contribution is -2.58. The van der Waals surface area contributed by atoms with Gasteiger partial charge in [0.2, 0.25) is 0 Å². The minimum atomic E-state index is -0.0987. The van der Waals surface area contributed by atoms with Crippen molar-refractivity contribution in [2.45, 2.75) is 51.2 Å². The van der Waals surface area contributed by atoms with Crippen molar-refractivity contribution in [3.8, 4) is 0 Å². The molecule has 2 heterocycles. The Labute approximate surface area is 137 Å². The summed E-state index contributed by atoms with van der Waals surface area (Å²) in [4.78, 5) is 14.6. The van der Waals surface area contributed by atoms with E-state index in [1.54, 1.807) is 24.3 Å². The Morgan fingerprint density at radius 1 is 1.23 bits per heavy atom. The lowest BCUT2D eigenvalue weighted by Gasteiger charge is -2.53. The van der Waals surface area contributed by atoms with Crippen LogP contribution in [0, 0.1) is 5.92 Å². The largest absolute Gasteiger partial charge is 0.369 e. The highest BCUT2D eigenvalue weighted by Gasteiger charge is 2.47. The molecule has 2 saturated heterocycles. The molecule has 2 atom stereocenters. The number of hydrogen-bond donors (Lipinski definition) is 0. The van der Waals surface area contributed by atoms with E-state index in [9.17, 15) is 4.79 Å². The third-order valence-electron chi connectivity index (χ3n) is 5.17. The summed E-state index contributed by atoms with van der Waals surface area (Å²) < 4.78 is 6.36. The van der Waals surface area contributed by atoms with Crippen molar-refractivity contribution in [2.75, 3.05) is 13.1 Å². The van der Waals surface area contributed by atoms with Crippen LogP contribution in [0.1, 0.15) is 50.4 Å². The zero-order valence-corrected chi connectivity index (χ0v) is 14.3. The number of hydrogen-bond acceptors (Lipinski definition) is 2. The second-order valence-electron chi connectivity index (χ2n) is 7.42. The van der Waals surface area contributed by atoms with Gasteiger partial charge in [-0.3, -0.25) is 4.79 Å². The van der Waals surface area contributed by atoms with E-state index in [2.05, 4.69) is 20.8 Å². The molecular formula is C18H24ClNO2. The normalized spacial score (nSPS) is 30.7. The average Bonchev–Trinajstić information content (AvgIpc) is 2.45. The molecule has 4 heteroatoms. The fraction of sp³-hybridized carbons (Fsp3) is 0.611. The summed E-state index contributed by atoms with van der Waals surface area (Å²) in [6.07, 6.45) is 3.07. The van der Waals surface area contributed by atoms with Crippen LogP contribution in [-0.2, 0) is 4.74 Å². The lowest BCUT2D eigenvalue weighted by atomic mass is 9.74. The van der Waals surface area contributed by atoms with Gasteiger partial charge in [-0.2, -0.15) is 0 Å². The van der Waals surface area contributed by atoms with Gasteiger partial charge >= 0.3 is 0 Å². The van der Waals surface area contributed by atoms with E-state index in [1.807, 2.05) is 4.90 Å². The van der Waals surface area contributed by atoms with Crippen LogP contribution in [0.25, 0.3) is 0 Å². The molecule has 0 saturated carbocycles. The standard InChI is InChI=1S/C18H24ClNO2/c1-17(2)9-8-14-12-20(11-10-18(14,3)22-17)16(21)13-4-6-15(19)7-5-13/h4-7,14H,8-12H2,1-3H3/t14-,18+/m0/s1. The van der Waals surface area contributed by atoms with Crippen molar-refractivity contribution < 1.29 is 9.53 Å². The van der Waals surface area contributed by atoms with Crippen molar-refractivity contribution in [1.29, 1.82) is 0 Å². The maximum atomic E-state index is 12.7. The van der Waals surface area contributed by atoms with E-state index < -0.39 is 0 Å². The van der Waals surface area contributed by atoms with Gasteiger partial charge in [0.15, 0.2) is 0 Å². The van der Waals surface area contributed by atoms with Gasteiger partial charge in [-0.05, 0) is 64.3 Å². The first kappa shape index (κ1) is 15.8. The Morgan fingerprint density at radius 3 is 2.59 bits per heavy atom. The van der Waals surface area contributed by atoms with Crippen LogP contribution in [0.4, 0.5) is 0 Å². The fourth-order valence-corrected chi connectivity index (χ4v) is 3.93. The second kappa shape index (κ2) is 5.54. The first-order valence-electron chi connectivity index (χ1n) is 8.04. The number of fused-ring (bicyclic) bond motifs is 1. The molecule has 1 aromatic carbocycles. The number of ether oxygens (including phenoxy) is 1. The van der Waals surface area contributed by atoms with Crippen LogP contribution >= 0.6 is 11.6 Å². The van der Waals surface area contributed by atoms with E-state index in [0.717, 1.165) is 32.4 Å². The summed E-state index contributed by atoms with van der Waals surface area (Å²) in [5.74, 6) is 0.522. The maximum Gasteiger partial charge on any atom is 0.253 e. The molecule has 0 aliphatic carbocycles. The van der Waals surface area contributed by atoms with Crippen LogP contribution < -0.4 is 0 Å². The van der Waals surface area contributed by atoms with E-state index >= 15 is 0 Å². The minimum Gasteiger partial charge on any atom is -0.369 e. The summed E-state index contributed by atoms with van der Waals surface area (Å²) in [6, 6.07) is 7.15. The Hall–Kier alpha value is -1.06. The Bertz CT molecular complexity index is 569. The quantitative estimate of drug-likeness (QED) is 0.777. The summed E-state index contributed by atoms with van der Waals surface area (Å²) in [6.45, 7) is 8.08. The highest BCUT2D eigenvalue weighted by molar-refractivity contribution is 6.30. The molecule has 2 aliphatic heterocycles. The van der Waals surface area contributed by atoms with Gasteiger partial charge in [-0.1, -0.05) is 11.6 Å². The van der Waals surface area contributed by atoms with Gasteiger partial charge in [-0.25, -0.2) is 0 Å². The molecule has 0 unspecified atom stereocenters. The Balaban J connectivity index is 1.72. The lowest BCUT2D eigenvalue weighted by molar-refractivity contribution is -0.210. The molecule has 120 valence electrons. The third-order valence-corrected chi connectivity index (χ3v) is 5.42. The second-order valence-corrected chi connectivity index (χ2v) is 7.85. The van der Waals surface area contributed by atoms with Crippen molar-refractivity contribution >= 4 is 17.5 Å². The molecule has 1 aromatic rings. The molecule has 0 N–H and O–H groups in total. The molecule has 0 bridgehead atoms. The Kier molecular flexibility index (Phi) is 3.98. The molecular weight excluding hydrogens is 298 g/mol. The van der Waals surface area contributed by atoms with E-state index in [4.69, 9.17) is 16.3 Å². The predicted molar refractivity (Wildman–Crippen MR) is 88.3 cm³/mol. The number of likely N-dealkylation sites (tertiary alicyclic amines) is 1. The zero-order chi connectivity index (χ0) is 16.0. The highest BCUT2D eigenvalue weighted by atomic mass is 35.5. The van der Waals surface area contributed by atoms with E-state index in [1.165, 1.54) is 0 Å². The number of piperidine rings is 1. The van der Waals surface area contributed by atoms with Gasteiger partial charge in [0.05, 0.1) is 11.2 Å². The van der Waals surface area contributed by atoms with Gasteiger partial charge < -0.3 is 9.64 Å². The molecule has 2 fully saturated rings. The number of carbonyl (C=O) groups is 1. The van der Waals surface area contributed by atoms with Crippen molar-refractivity contribution in [2.24, 2.45) is 5.92 Å². The van der Waals surface area contributed by atoms with Crippen LogP contribution in [0.3, 0.4) is 0 Å². The first-order chi connectivity index (χ1) is 10.3. The third kappa shape index (κ3) is 3.02. The smallest absolute Gasteiger partial charge is 0.253 e. The molecule has 1 amide bonds. The Morgan fingerprint density at radius 2 is 1.91 bits per heavy atom. The summed E-state index contributed by atoms with van der Waals surface area (Å²) in [5, 5.41) is 0.658. The number of benzene rings is 1. The highest BCUT2D eigenvalue weighted by Crippen LogP contribution is 2.44. The topological polar surface area (TPSA) is 29.5 Å². The van der Waals surface area contributed by atoms with Crippen molar-refractivity contribution in [3.63, 3.8) is 0 Å². The van der Waals surface area contributed by atoms with Crippen LogP contribution in [0.2, 0.25) is 5.02 Å². The first-order valence-corrected chi connectivity index (χ1v) is 8.42. The molecule has 3 rings (SSSR count). The van der Waals surface area contributed by atoms with Crippen LogP contribution in [-0.4, -0.2) is 35.1 Å². The number of carbonyl (C=O) groups excluding carboxylic acids is 1. The van der Waals surface area contributed by atoms with Crippen LogP contribution in [0.15, 0.2) is 24.3 Å². The predicted octanol–water partition coefficient (Wildman–Crippen LogP) is 4.15. The van der Waals surface area contributed by atoms with Gasteiger partial charge in [0, 0.05) is 29.6 Å². The maximum absolute atomic E-state index is 12.7. The fourth-order valence-electron chi connectivity index (χ4n) is 3.81. The number of halogens is 1. The average molecular weight is 322 g/mol. The monoisotopic (exact) mass is 321 g/mol.